The Hall–Kier alpha value is -2.36. The molecule has 1 unspecified atom stereocenters. The number of Topliss-reactive ketones (excluding diaryl/α,β-unsaturated/α-hetero) is 1. The van der Waals surface area contributed by atoms with E-state index in [9.17, 15) is 4.79 Å². The van der Waals surface area contributed by atoms with Crippen molar-refractivity contribution in [2.75, 3.05) is 38.7 Å². The molecule has 0 amide bonds. The molecule has 0 spiro atoms. The van der Waals surface area contributed by atoms with Crippen molar-refractivity contribution in [2.24, 2.45) is 0 Å². The summed E-state index contributed by atoms with van der Waals surface area (Å²) < 4.78 is 8.24. The molecule has 0 saturated carbocycles. The number of rotatable bonds is 10. The molecule has 1 aliphatic carbocycles. The van der Waals surface area contributed by atoms with Gasteiger partial charge in [0.25, 0.3) is 0 Å². The molecule has 8 nitrogen and oxygen atoms in total. The van der Waals surface area contributed by atoms with Gasteiger partial charge in [0.1, 0.15) is 0 Å². The zero-order valence-electron chi connectivity index (χ0n) is 17.8. The second kappa shape index (κ2) is 9.84. The van der Waals surface area contributed by atoms with E-state index in [2.05, 4.69) is 36.6 Å². The molecule has 2 N–H and O–H groups in total. The third kappa shape index (κ3) is 4.78. The Labute approximate surface area is 189 Å². The Bertz CT molecular complexity index is 1080. The molecule has 0 radical (unpaired) electrons. The highest BCUT2D eigenvalue weighted by Gasteiger charge is 2.35. The van der Waals surface area contributed by atoms with Crippen LogP contribution in [0.4, 0.5) is 5.95 Å². The summed E-state index contributed by atoms with van der Waals surface area (Å²) in [5, 5.41) is 11.9. The number of aromatic nitrogens is 4. The average molecular weight is 487 g/mol. The molecule has 0 fully saturated rings. The summed E-state index contributed by atoms with van der Waals surface area (Å²) in [5.41, 5.74) is 3.36. The second-order valence-electron chi connectivity index (χ2n) is 7.56. The van der Waals surface area contributed by atoms with E-state index >= 15 is 0 Å². The van der Waals surface area contributed by atoms with Crippen LogP contribution < -0.4 is 10.6 Å². The summed E-state index contributed by atoms with van der Waals surface area (Å²) in [6, 6.07) is 6.01. The molecular weight excluding hydrogens is 460 g/mol. The van der Waals surface area contributed by atoms with Crippen LogP contribution in [0.2, 0.25) is 0 Å². The van der Waals surface area contributed by atoms with Crippen LogP contribution in [0.15, 0.2) is 28.9 Å². The van der Waals surface area contributed by atoms with Gasteiger partial charge in [-0.25, -0.2) is 4.98 Å². The summed E-state index contributed by atoms with van der Waals surface area (Å²) in [6.07, 6.45) is 3.29. The van der Waals surface area contributed by atoms with Crippen LogP contribution in [-0.4, -0.2) is 58.9 Å². The topological polar surface area (TPSA) is 94.0 Å². The van der Waals surface area contributed by atoms with Gasteiger partial charge in [-0.15, -0.1) is 0 Å². The lowest BCUT2D eigenvalue weighted by molar-refractivity contribution is -0.118. The molecule has 1 aromatic carbocycles. The Kier molecular flexibility index (Phi) is 6.94. The number of benzene rings is 1. The van der Waals surface area contributed by atoms with Crippen LogP contribution in [0.5, 0.6) is 0 Å². The molecule has 0 aliphatic heterocycles. The van der Waals surface area contributed by atoms with E-state index in [1.165, 1.54) is 0 Å². The van der Waals surface area contributed by atoms with Crippen molar-refractivity contribution < 1.29 is 9.53 Å². The summed E-state index contributed by atoms with van der Waals surface area (Å²) >= 11 is 3.54. The number of anilines is 1. The Morgan fingerprint density at radius 2 is 2.16 bits per heavy atom. The fraction of sp³-hybridized carbons (Fsp3) is 0.455. The van der Waals surface area contributed by atoms with E-state index in [0.717, 1.165) is 40.5 Å². The molecule has 9 heteroatoms. The summed E-state index contributed by atoms with van der Waals surface area (Å²) in [4.78, 5) is 22.5. The van der Waals surface area contributed by atoms with Gasteiger partial charge in [-0.1, -0.05) is 22.0 Å². The maximum Gasteiger partial charge on any atom is 0.225 e. The van der Waals surface area contributed by atoms with Crippen LogP contribution in [0.3, 0.4) is 0 Å². The van der Waals surface area contributed by atoms with Gasteiger partial charge < -0.3 is 15.4 Å². The Morgan fingerprint density at radius 1 is 1.29 bits per heavy atom. The van der Waals surface area contributed by atoms with E-state index < -0.39 is 5.92 Å². The number of hydrogen-bond donors (Lipinski definition) is 2. The first kappa shape index (κ1) is 21.9. The number of ether oxygens (including phenoxy) is 1. The molecule has 3 aromatic rings. The van der Waals surface area contributed by atoms with Gasteiger partial charge in [-0.2, -0.15) is 10.1 Å². The van der Waals surface area contributed by atoms with Crippen LogP contribution in [0.25, 0.3) is 11.0 Å². The lowest BCUT2D eigenvalue weighted by Crippen LogP contribution is -2.16. The minimum Gasteiger partial charge on any atom is -0.380 e. The largest absolute Gasteiger partial charge is 0.380 e. The summed E-state index contributed by atoms with van der Waals surface area (Å²) in [5.74, 6) is 0.238. The fourth-order valence-corrected chi connectivity index (χ4v) is 4.29. The van der Waals surface area contributed by atoms with Gasteiger partial charge in [0.15, 0.2) is 11.4 Å². The summed E-state index contributed by atoms with van der Waals surface area (Å²) in [6.45, 7) is 5.45. The first-order chi connectivity index (χ1) is 15.1. The Balaban J connectivity index is 1.74. The number of carbonyl (C=O) groups excluding carboxylic acids is 1. The van der Waals surface area contributed by atoms with E-state index in [4.69, 9.17) is 9.72 Å². The molecule has 2 aromatic heterocycles. The third-order valence-corrected chi connectivity index (χ3v) is 5.88. The number of ketones is 1. The second-order valence-corrected chi connectivity index (χ2v) is 8.48. The zero-order chi connectivity index (χ0) is 21.8. The monoisotopic (exact) mass is 486 g/mol. The highest BCUT2D eigenvalue weighted by molar-refractivity contribution is 9.10. The first-order valence-corrected chi connectivity index (χ1v) is 11.4. The average Bonchev–Trinajstić information content (AvgIpc) is 3.30. The van der Waals surface area contributed by atoms with Crippen molar-refractivity contribution in [1.29, 1.82) is 0 Å². The number of halogens is 1. The van der Waals surface area contributed by atoms with Gasteiger partial charge in [-0.3, -0.25) is 9.48 Å². The number of fused-ring (bicyclic) bond motifs is 2. The van der Waals surface area contributed by atoms with Gasteiger partial charge in [0, 0.05) is 30.2 Å². The SMILES string of the molecule is CCOCCn1cc2c(C3C(=O)Cc4ccc(Br)cc43)nc(NCCCNC)nc2n1. The van der Waals surface area contributed by atoms with Crippen molar-refractivity contribution in [2.45, 2.75) is 32.2 Å². The smallest absolute Gasteiger partial charge is 0.225 e. The first-order valence-electron chi connectivity index (χ1n) is 10.6. The minimum absolute atomic E-state index is 0.149. The van der Waals surface area contributed by atoms with E-state index in [1.54, 1.807) is 0 Å². The molecule has 31 heavy (non-hydrogen) atoms. The normalized spacial score (nSPS) is 15.6. The maximum absolute atomic E-state index is 13.1. The number of nitrogens with zero attached hydrogens (tertiary/aromatic N) is 4. The fourth-order valence-electron chi connectivity index (χ4n) is 3.91. The van der Waals surface area contributed by atoms with E-state index in [1.807, 2.05) is 43.0 Å². The van der Waals surface area contributed by atoms with Crippen LogP contribution in [0, 0.1) is 0 Å². The quantitative estimate of drug-likeness (QED) is 0.425. The van der Waals surface area contributed by atoms with Crippen LogP contribution in [0.1, 0.15) is 36.1 Å². The lowest BCUT2D eigenvalue weighted by atomic mass is 9.95. The van der Waals surface area contributed by atoms with E-state index in [0.29, 0.717) is 43.5 Å². The van der Waals surface area contributed by atoms with Crippen LogP contribution in [-0.2, 0) is 22.5 Å². The lowest BCUT2D eigenvalue weighted by Gasteiger charge is -2.13. The molecule has 2 heterocycles. The van der Waals surface area contributed by atoms with Crippen molar-refractivity contribution in [3.05, 3.63) is 45.7 Å². The van der Waals surface area contributed by atoms with Crippen molar-refractivity contribution in [3.63, 3.8) is 0 Å². The van der Waals surface area contributed by atoms with Gasteiger partial charge >= 0.3 is 0 Å². The molecule has 1 atom stereocenters. The summed E-state index contributed by atoms with van der Waals surface area (Å²) in [7, 11) is 1.93. The minimum atomic E-state index is -0.416. The van der Waals surface area contributed by atoms with E-state index in [-0.39, 0.29) is 5.78 Å². The molecule has 0 saturated heterocycles. The van der Waals surface area contributed by atoms with Gasteiger partial charge in [-0.05, 0) is 50.2 Å². The number of hydrogen-bond acceptors (Lipinski definition) is 7. The third-order valence-electron chi connectivity index (χ3n) is 5.39. The molecule has 4 rings (SSSR count). The highest BCUT2D eigenvalue weighted by atomic mass is 79.9. The van der Waals surface area contributed by atoms with Crippen molar-refractivity contribution in [3.8, 4) is 0 Å². The zero-order valence-corrected chi connectivity index (χ0v) is 19.4. The van der Waals surface area contributed by atoms with Crippen molar-refractivity contribution >= 4 is 38.7 Å². The van der Waals surface area contributed by atoms with Gasteiger partial charge in [0.05, 0.1) is 30.1 Å². The predicted octanol–water partition coefficient (Wildman–Crippen LogP) is 2.90. The van der Waals surface area contributed by atoms with Crippen molar-refractivity contribution in [1.82, 2.24) is 25.1 Å². The Morgan fingerprint density at radius 3 is 2.97 bits per heavy atom. The molecule has 0 bridgehead atoms. The predicted molar refractivity (Wildman–Crippen MR) is 124 cm³/mol. The maximum atomic E-state index is 13.1. The highest BCUT2D eigenvalue weighted by Crippen LogP contribution is 2.39. The molecule has 1 aliphatic rings. The van der Waals surface area contributed by atoms with Crippen LogP contribution >= 0.6 is 15.9 Å². The number of nitrogens with one attached hydrogen (secondary N) is 2. The standard InChI is InChI=1S/C22H27BrN6O2/c1-3-31-10-9-29-13-17-20(19-16-12-15(23)6-5-14(16)11-18(19)30)26-22(27-21(17)28-29)25-8-4-7-24-2/h5-6,12-13,19,24H,3-4,7-11H2,1-2H3,(H,25,27,28). The molecule has 164 valence electrons. The molecular formula is C22H27BrN6O2. The number of carbonyl (C=O) groups is 1. The van der Waals surface area contributed by atoms with Gasteiger partial charge in [0.2, 0.25) is 5.95 Å².